The van der Waals surface area contributed by atoms with E-state index in [-0.39, 0.29) is 5.78 Å². The van der Waals surface area contributed by atoms with E-state index in [2.05, 4.69) is 38.7 Å². The molecule has 0 unspecified atom stereocenters. The van der Waals surface area contributed by atoms with E-state index in [4.69, 9.17) is 0 Å². The van der Waals surface area contributed by atoms with Gasteiger partial charge in [0.05, 0.1) is 0 Å². The first-order valence-corrected chi connectivity index (χ1v) is 8.20. The lowest BCUT2D eigenvalue weighted by molar-refractivity contribution is 0.0964. The molecule has 1 fully saturated rings. The Morgan fingerprint density at radius 3 is 2.43 bits per heavy atom. The average molecular weight is 287 g/mol. The number of carbonyl (C=O) groups is 1. The lowest BCUT2D eigenvalue weighted by Crippen LogP contribution is -2.28. The highest BCUT2D eigenvalue weighted by molar-refractivity contribution is 5.96. The predicted molar refractivity (Wildman–Crippen MR) is 88.9 cm³/mol. The van der Waals surface area contributed by atoms with E-state index in [1.165, 1.54) is 30.4 Å². The van der Waals surface area contributed by atoms with E-state index in [0.29, 0.717) is 11.8 Å². The minimum atomic E-state index is 0.283. The average Bonchev–Trinajstić information content (AvgIpc) is 2.56. The van der Waals surface area contributed by atoms with Crippen molar-refractivity contribution in [2.45, 2.75) is 53.4 Å². The van der Waals surface area contributed by atoms with Crippen LogP contribution in [-0.4, -0.2) is 30.3 Å². The molecule has 1 saturated heterocycles. The number of ketones is 1. The van der Waals surface area contributed by atoms with Gasteiger partial charge in [0.1, 0.15) is 0 Å². The number of benzene rings is 1. The van der Waals surface area contributed by atoms with E-state index in [9.17, 15) is 4.79 Å². The van der Waals surface area contributed by atoms with Crippen LogP contribution in [0.4, 0.5) is 0 Å². The molecule has 116 valence electrons. The Morgan fingerprint density at radius 2 is 1.76 bits per heavy atom. The first-order chi connectivity index (χ1) is 9.85. The summed E-state index contributed by atoms with van der Waals surface area (Å²) in [5.41, 5.74) is 3.69. The Kier molecular flexibility index (Phi) is 5.21. The fourth-order valence-electron chi connectivity index (χ4n) is 3.24. The molecule has 2 rings (SSSR count). The fraction of sp³-hybridized carbons (Fsp3) is 0.632. The van der Waals surface area contributed by atoms with Crippen molar-refractivity contribution >= 4 is 5.78 Å². The normalized spacial score (nSPS) is 19.2. The van der Waals surface area contributed by atoms with Gasteiger partial charge in [0.25, 0.3) is 0 Å². The molecule has 0 aliphatic carbocycles. The summed E-state index contributed by atoms with van der Waals surface area (Å²) in [5, 5.41) is 0. The molecule has 1 aromatic rings. The van der Waals surface area contributed by atoms with Gasteiger partial charge < -0.3 is 4.90 Å². The first kappa shape index (κ1) is 16.2. The fourth-order valence-corrected chi connectivity index (χ4v) is 3.24. The quantitative estimate of drug-likeness (QED) is 0.766. The van der Waals surface area contributed by atoms with Gasteiger partial charge in [-0.05, 0) is 63.7 Å². The Labute approximate surface area is 129 Å². The molecule has 0 aromatic heterocycles. The second kappa shape index (κ2) is 6.74. The molecule has 0 spiro atoms. The van der Waals surface area contributed by atoms with Gasteiger partial charge in [0.2, 0.25) is 0 Å². The predicted octanol–water partition coefficient (Wildman–Crippen LogP) is 4.39. The van der Waals surface area contributed by atoms with Crippen LogP contribution >= 0.6 is 0 Å². The minimum absolute atomic E-state index is 0.283. The molecule has 0 bridgehead atoms. The van der Waals surface area contributed by atoms with Crippen molar-refractivity contribution in [3.63, 3.8) is 0 Å². The summed E-state index contributed by atoms with van der Waals surface area (Å²) in [6.07, 6.45) is 4.44. The molecule has 1 heterocycles. The van der Waals surface area contributed by atoms with E-state index >= 15 is 0 Å². The summed E-state index contributed by atoms with van der Waals surface area (Å²) < 4.78 is 0. The number of nitrogens with zero attached hydrogens (tertiary/aromatic N) is 1. The van der Waals surface area contributed by atoms with Gasteiger partial charge in [-0.3, -0.25) is 4.79 Å². The van der Waals surface area contributed by atoms with Crippen molar-refractivity contribution in [1.29, 1.82) is 0 Å². The van der Waals surface area contributed by atoms with Crippen LogP contribution in [0.1, 0.15) is 61.0 Å². The zero-order valence-electron chi connectivity index (χ0n) is 14.0. The van der Waals surface area contributed by atoms with Crippen molar-refractivity contribution in [3.8, 4) is 0 Å². The van der Waals surface area contributed by atoms with E-state index in [1.54, 1.807) is 0 Å². The van der Waals surface area contributed by atoms with Crippen LogP contribution in [0.2, 0.25) is 0 Å². The third-order valence-corrected chi connectivity index (χ3v) is 4.63. The number of carbonyl (C=O) groups excluding carboxylic acids is 1. The molecule has 1 aliphatic heterocycles. The molecule has 0 amide bonds. The summed E-state index contributed by atoms with van der Waals surface area (Å²) in [7, 11) is 0. The molecule has 0 saturated carbocycles. The molecule has 21 heavy (non-hydrogen) atoms. The first-order valence-electron chi connectivity index (χ1n) is 8.20. The van der Waals surface area contributed by atoms with Crippen LogP contribution in [0.5, 0.6) is 0 Å². The number of hydrogen-bond donors (Lipinski definition) is 0. The zero-order valence-corrected chi connectivity index (χ0v) is 14.0. The van der Waals surface area contributed by atoms with Crippen LogP contribution in [0, 0.1) is 19.3 Å². The Hall–Kier alpha value is -1.15. The summed E-state index contributed by atoms with van der Waals surface area (Å²) >= 11 is 0. The summed E-state index contributed by atoms with van der Waals surface area (Å²) in [6, 6.07) is 6.15. The molecule has 1 aliphatic rings. The second-order valence-electron chi connectivity index (χ2n) is 7.41. The molecule has 0 N–H and O–H groups in total. The Balaban J connectivity index is 1.89. The topological polar surface area (TPSA) is 20.3 Å². The standard InChI is InChI=1S/C19H29NO/c1-15-12-16(2)14-17(13-15)18(21)6-10-20-9-5-7-19(3,4)8-11-20/h12-14H,5-11H2,1-4H3. The molecule has 0 radical (unpaired) electrons. The van der Waals surface area contributed by atoms with Crippen molar-refractivity contribution in [2.24, 2.45) is 5.41 Å². The van der Waals surface area contributed by atoms with Gasteiger partial charge in [0, 0.05) is 18.5 Å². The molecule has 2 heteroatoms. The summed E-state index contributed by atoms with van der Waals surface area (Å²) in [4.78, 5) is 14.8. The van der Waals surface area contributed by atoms with Gasteiger partial charge in [-0.1, -0.05) is 31.0 Å². The van der Waals surface area contributed by atoms with Crippen molar-refractivity contribution in [3.05, 3.63) is 34.9 Å². The third kappa shape index (κ3) is 4.96. The number of likely N-dealkylation sites (tertiary alicyclic amines) is 1. The zero-order chi connectivity index (χ0) is 15.5. The maximum absolute atomic E-state index is 12.4. The maximum Gasteiger partial charge on any atom is 0.164 e. The van der Waals surface area contributed by atoms with Gasteiger partial charge >= 0.3 is 0 Å². The van der Waals surface area contributed by atoms with Crippen LogP contribution in [0.15, 0.2) is 18.2 Å². The van der Waals surface area contributed by atoms with Gasteiger partial charge in [-0.15, -0.1) is 0 Å². The summed E-state index contributed by atoms with van der Waals surface area (Å²) in [5.74, 6) is 0.283. The number of Topliss-reactive ketones (excluding diaryl/α,β-unsaturated/α-hetero) is 1. The van der Waals surface area contributed by atoms with E-state index in [1.807, 2.05) is 12.1 Å². The minimum Gasteiger partial charge on any atom is -0.303 e. The van der Waals surface area contributed by atoms with Crippen molar-refractivity contribution in [1.82, 2.24) is 4.90 Å². The van der Waals surface area contributed by atoms with Crippen LogP contribution in [0.3, 0.4) is 0 Å². The van der Waals surface area contributed by atoms with Crippen molar-refractivity contribution in [2.75, 3.05) is 19.6 Å². The highest BCUT2D eigenvalue weighted by Crippen LogP contribution is 2.29. The number of rotatable bonds is 4. The third-order valence-electron chi connectivity index (χ3n) is 4.63. The molecular formula is C19H29NO. The van der Waals surface area contributed by atoms with Gasteiger partial charge in [-0.25, -0.2) is 0 Å². The Morgan fingerprint density at radius 1 is 1.10 bits per heavy atom. The lowest BCUT2D eigenvalue weighted by atomic mass is 9.85. The molecule has 0 atom stereocenters. The molecule has 1 aromatic carbocycles. The lowest BCUT2D eigenvalue weighted by Gasteiger charge is -2.23. The van der Waals surface area contributed by atoms with Gasteiger partial charge in [-0.2, -0.15) is 0 Å². The number of hydrogen-bond acceptors (Lipinski definition) is 2. The summed E-state index contributed by atoms with van der Waals surface area (Å²) in [6.45, 7) is 12.0. The maximum atomic E-state index is 12.4. The highest BCUT2D eigenvalue weighted by atomic mass is 16.1. The Bertz CT molecular complexity index is 484. The van der Waals surface area contributed by atoms with E-state index < -0.39 is 0 Å². The van der Waals surface area contributed by atoms with Gasteiger partial charge in [0.15, 0.2) is 5.78 Å². The van der Waals surface area contributed by atoms with Crippen LogP contribution in [-0.2, 0) is 0 Å². The monoisotopic (exact) mass is 287 g/mol. The molecular weight excluding hydrogens is 258 g/mol. The second-order valence-corrected chi connectivity index (χ2v) is 7.41. The van der Waals surface area contributed by atoms with E-state index in [0.717, 1.165) is 25.2 Å². The number of aryl methyl sites for hydroxylation is 2. The smallest absolute Gasteiger partial charge is 0.164 e. The van der Waals surface area contributed by atoms with Crippen LogP contribution in [0.25, 0.3) is 0 Å². The highest BCUT2D eigenvalue weighted by Gasteiger charge is 2.23. The van der Waals surface area contributed by atoms with Crippen LogP contribution < -0.4 is 0 Å². The largest absolute Gasteiger partial charge is 0.303 e. The molecule has 2 nitrogen and oxygen atoms in total. The SMILES string of the molecule is Cc1cc(C)cc(C(=O)CCN2CCCC(C)(C)CC2)c1. The van der Waals surface area contributed by atoms with Crippen molar-refractivity contribution < 1.29 is 4.79 Å².